The molecule has 0 radical (unpaired) electrons. The van der Waals surface area contributed by atoms with E-state index in [-0.39, 0.29) is 11.7 Å². The molecule has 1 atom stereocenters. The zero-order valence-corrected chi connectivity index (χ0v) is 13.0. The quantitative estimate of drug-likeness (QED) is 0.876. The van der Waals surface area contributed by atoms with E-state index in [9.17, 15) is 4.79 Å². The molecule has 7 heteroatoms. The molecule has 21 heavy (non-hydrogen) atoms. The number of nitrogens with two attached hydrogens (primary N) is 1. The highest BCUT2D eigenvalue weighted by atomic mass is 32.2. The predicted molar refractivity (Wildman–Crippen MR) is 81.6 cm³/mol. The molecular formula is C14H19N5OS. The largest absolute Gasteiger partial charge is 0.344 e. The first kappa shape index (κ1) is 14.3. The fourth-order valence-electron chi connectivity index (χ4n) is 2.31. The zero-order valence-electron chi connectivity index (χ0n) is 12.2. The second-order valence-corrected chi connectivity index (χ2v) is 6.62. The maximum atomic E-state index is 11.8. The third-order valence-electron chi connectivity index (χ3n) is 3.42. The van der Waals surface area contributed by atoms with Gasteiger partial charge in [-0.05, 0) is 56.0 Å². The van der Waals surface area contributed by atoms with Crippen LogP contribution in [0.3, 0.4) is 0 Å². The van der Waals surface area contributed by atoms with Crippen LogP contribution in [0.1, 0.15) is 36.9 Å². The summed E-state index contributed by atoms with van der Waals surface area (Å²) in [4.78, 5) is 16.3. The summed E-state index contributed by atoms with van der Waals surface area (Å²) in [6.45, 7) is 4.00. The van der Waals surface area contributed by atoms with E-state index in [0.717, 1.165) is 35.4 Å². The summed E-state index contributed by atoms with van der Waals surface area (Å²) in [6.07, 6.45) is 4.76. The zero-order chi connectivity index (χ0) is 15.0. The van der Waals surface area contributed by atoms with Crippen LogP contribution in [0.25, 0.3) is 0 Å². The van der Waals surface area contributed by atoms with Crippen LogP contribution in [0, 0.1) is 6.92 Å². The molecule has 3 N–H and O–H groups in total. The fourth-order valence-corrected chi connectivity index (χ4v) is 3.23. The van der Waals surface area contributed by atoms with Crippen molar-refractivity contribution in [2.45, 2.75) is 55.4 Å². The van der Waals surface area contributed by atoms with Gasteiger partial charge in [0.1, 0.15) is 5.03 Å². The van der Waals surface area contributed by atoms with Gasteiger partial charge in [-0.15, -0.1) is 5.10 Å². The van der Waals surface area contributed by atoms with Crippen molar-refractivity contribution in [3.8, 4) is 0 Å². The molecule has 0 saturated heterocycles. The van der Waals surface area contributed by atoms with Gasteiger partial charge in [-0.25, -0.2) is 14.9 Å². The minimum absolute atomic E-state index is 0.121. The molecule has 0 amide bonds. The number of H-pyrrole nitrogens is 1. The lowest BCUT2D eigenvalue weighted by atomic mass is 10.1. The van der Waals surface area contributed by atoms with Crippen LogP contribution in [0.5, 0.6) is 0 Å². The van der Waals surface area contributed by atoms with Crippen molar-refractivity contribution >= 4 is 11.8 Å². The Morgan fingerprint density at radius 2 is 2.33 bits per heavy atom. The van der Waals surface area contributed by atoms with E-state index in [1.807, 2.05) is 20.0 Å². The van der Waals surface area contributed by atoms with Gasteiger partial charge in [0, 0.05) is 18.3 Å². The number of aromatic amines is 1. The molecule has 1 unspecified atom stereocenters. The molecule has 0 bridgehead atoms. The molecule has 1 aliphatic carbocycles. The number of rotatable bonds is 5. The van der Waals surface area contributed by atoms with Crippen LogP contribution in [0.2, 0.25) is 0 Å². The van der Waals surface area contributed by atoms with Crippen LogP contribution in [0.4, 0.5) is 0 Å². The number of aromatic nitrogens is 4. The van der Waals surface area contributed by atoms with Crippen molar-refractivity contribution in [1.29, 1.82) is 0 Å². The molecule has 1 saturated carbocycles. The highest BCUT2D eigenvalue weighted by molar-refractivity contribution is 7.99. The highest BCUT2D eigenvalue weighted by Crippen LogP contribution is 2.37. The Bertz CT molecular complexity index is 702. The lowest BCUT2D eigenvalue weighted by molar-refractivity contribution is 0.642. The van der Waals surface area contributed by atoms with E-state index < -0.39 is 0 Å². The number of hydrogen-bond donors (Lipinski definition) is 2. The predicted octanol–water partition coefficient (Wildman–Crippen LogP) is 1.65. The minimum Gasteiger partial charge on any atom is -0.328 e. The van der Waals surface area contributed by atoms with E-state index in [1.165, 1.54) is 11.8 Å². The molecular weight excluding hydrogens is 286 g/mol. The SMILES string of the molecule is Cc1cc(CC(C)N)cnc1Sc1n[nH]c(=O)n1C1CC1. The maximum Gasteiger partial charge on any atom is 0.344 e. The molecule has 1 fully saturated rings. The molecule has 0 aliphatic heterocycles. The highest BCUT2D eigenvalue weighted by Gasteiger charge is 2.29. The van der Waals surface area contributed by atoms with Crippen LogP contribution in [-0.4, -0.2) is 25.8 Å². The minimum atomic E-state index is -0.133. The molecule has 3 rings (SSSR count). The Hall–Kier alpha value is -1.60. The monoisotopic (exact) mass is 305 g/mol. The smallest absolute Gasteiger partial charge is 0.328 e. The van der Waals surface area contributed by atoms with Crippen molar-refractivity contribution < 1.29 is 0 Å². The maximum absolute atomic E-state index is 11.8. The molecule has 1 aliphatic rings. The topological polar surface area (TPSA) is 89.6 Å². The van der Waals surface area contributed by atoms with Gasteiger partial charge in [0.15, 0.2) is 5.16 Å². The summed E-state index contributed by atoms with van der Waals surface area (Å²) < 4.78 is 1.74. The van der Waals surface area contributed by atoms with Crippen LogP contribution in [0.15, 0.2) is 27.2 Å². The standard InChI is InChI=1S/C14H19N5OS/c1-8-5-10(6-9(2)15)7-16-12(8)21-14-18-17-13(20)19(14)11-3-4-11/h5,7,9,11H,3-4,6,15H2,1-2H3,(H,17,20). The Labute approximate surface area is 127 Å². The summed E-state index contributed by atoms with van der Waals surface area (Å²) >= 11 is 1.44. The average Bonchev–Trinajstić information content (AvgIpc) is 3.17. The third-order valence-corrected chi connectivity index (χ3v) is 4.51. The Morgan fingerprint density at radius 1 is 1.57 bits per heavy atom. The van der Waals surface area contributed by atoms with Gasteiger partial charge in [0.2, 0.25) is 0 Å². The third kappa shape index (κ3) is 3.19. The first-order valence-electron chi connectivity index (χ1n) is 7.10. The summed E-state index contributed by atoms with van der Waals surface area (Å²) in [5, 5.41) is 8.21. The molecule has 0 aromatic carbocycles. The van der Waals surface area contributed by atoms with Crippen LogP contribution >= 0.6 is 11.8 Å². The first-order valence-corrected chi connectivity index (χ1v) is 7.92. The van der Waals surface area contributed by atoms with E-state index in [2.05, 4.69) is 21.2 Å². The van der Waals surface area contributed by atoms with E-state index in [0.29, 0.717) is 11.2 Å². The Kier molecular flexibility index (Phi) is 3.86. The summed E-state index contributed by atoms with van der Waals surface area (Å²) in [5.41, 5.74) is 7.89. The number of nitrogens with zero attached hydrogens (tertiary/aromatic N) is 3. The van der Waals surface area contributed by atoms with Gasteiger partial charge in [0.05, 0.1) is 0 Å². The first-order chi connectivity index (χ1) is 10.0. The number of nitrogens with one attached hydrogen (secondary N) is 1. The molecule has 2 aromatic heterocycles. The molecule has 2 heterocycles. The van der Waals surface area contributed by atoms with Gasteiger partial charge in [-0.2, -0.15) is 0 Å². The number of pyridine rings is 1. The Balaban J connectivity index is 1.83. The van der Waals surface area contributed by atoms with Crippen LogP contribution in [-0.2, 0) is 6.42 Å². The second-order valence-electron chi connectivity index (χ2n) is 5.66. The molecule has 0 spiro atoms. The van der Waals surface area contributed by atoms with Gasteiger partial charge >= 0.3 is 5.69 Å². The molecule has 2 aromatic rings. The lowest BCUT2D eigenvalue weighted by Crippen LogP contribution is -2.18. The van der Waals surface area contributed by atoms with Crippen molar-refractivity contribution in [3.05, 3.63) is 33.9 Å². The summed E-state index contributed by atoms with van der Waals surface area (Å²) in [7, 11) is 0. The fraction of sp³-hybridized carbons (Fsp3) is 0.500. The van der Waals surface area contributed by atoms with Crippen molar-refractivity contribution in [2.24, 2.45) is 5.73 Å². The normalized spacial score (nSPS) is 16.1. The summed E-state index contributed by atoms with van der Waals surface area (Å²) in [6, 6.07) is 2.53. The van der Waals surface area contributed by atoms with Gasteiger partial charge in [0.25, 0.3) is 0 Å². The molecule has 6 nitrogen and oxygen atoms in total. The lowest BCUT2D eigenvalue weighted by Gasteiger charge is -2.09. The molecule has 112 valence electrons. The van der Waals surface area contributed by atoms with Crippen LogP contribution < -0.4 is 11.4 Å². The van der Waals surface area contributed by atoms with E-state index in [1.54, 1.807) is 4.57 Å². The number of aryl methyl sites for hydroxylation is 1. The van der Waals surface area contributed by atoms with Gasteiger partial charge < -0.3 is 5.73 Å². The van der Waals surface area contributed by atoms with Crippen molar-refractivity contribution in [3.63, 3.8) is 0 Å². The average molecular weight is 305 g/mol. The van der Waals surface area contributed by atoms with Gasteiger partial charge in [-0.3, -0.25) is 4.57 Å². The van der Waals surface area contributed by atoms with E-state index in [4.69, 9.17) is 5.73 Å². The second kappa shape index (κ2) is 5.65. The van der Waals surface area contributed by atoms with E-state index >= 15 is 0 Å². The van der Waals surface area contributed by atoms with Crippen molar-refractivity contribution in [2.75, 3.05) is 0 Å². The number of hydrogen-bond acceptors (Lipinski definition) is 5. The van der Waals surface area contributed by atoms with Crippen molar-refractivity contribution in [1.82, 2.24) is 19.7 Å². The Morgan fingerprint density at radius 3 is 2.95 bits per heavy atom. The van der Waals surface area contributed by atoms with Gasteiger partial charge in [-0.1, -0.05) is 6.07 Å². The summed E-state index contributed by atoms with van der Waals surface area (Å²) in [5.74, 6) is 0.